The Kier molecular flexibility index (Phi) is 9.09. The standard InChI is InChI=1S/C25H33ClN4O2S/c1-3-5-16-29(18-20-12-14-22(15-13-20)33(27,31)32)19-23-24(26)28-25(30(23)17-6-4-2)21-10-8-7-9-11-21/h7-15H,3-6,16-19H2,1-2H3,(H2,27,31,32). The van der Waals surface area contributed by atoms with Crippen molar-refractivity contribution in [2.45, 2.75) is 64.1 Å². The van der Waals surface area contributed by atoms with Crippen molar-refractivity contribution in [1.29, 1.82) is 0 Å². The van der Waals surface area contributed by atoms with Crippen LogP contribution in [0.3, 0.4) is 0 Å². The summed E-state index contributed by atoms with van der Waals surface area (Å²) in [5.74, 6) is 0.900. The van der Waals surface area contributed by atoms with E-state index in [0.717, 1.165) is 61.4 Å². The lowest BCUT2D eigenvalue weighted by molar-refractivity contribution is 0.246. The van der Waals surface area contributed by atoms with Crippen LogP contribution >= 0.6 is 11.6 Å². The Morgan fingerprint density at radius 3 is 2.24 bits per heavy atom. The topological polar surface area (TPSA) is 81.2 Å². The predicted octanol–water partition coefficient (Wildman–Crippen LogP) is 5.45. The minimum Gasteiger partial charge on any atom is -0.325 e. The highest BCUT2D eigenvalue weighted by molar-refractivity contribution is 7.89. The van der Waals surface area contributed by atoms with Gasteiger partial charge < -0.3 is 4.57 Å². The van der Waals surface area contributed by atoms with Crippen molar-refractivity contribution in [2.24, 2.45) is 5.14 Å². The molecule has 1 heterocycles. The molecular weight excluding hydrogens is 456 g/mol. The summed E-state index contributed by atoms with van der Waals surface area (Å²) in [5.41, 5.74) is 3.10. The molecule has 3 rings (SSSR count). The number of aromatic nitrogens is 2. The van der Waals surface area contributed by atoms with Gasteiger partial charge in [0.15, 0.2) is 5.15 Å². The van der Waals surface area contributed by atoms with Crippen molar-refractivity contribution >= 4 is 21.6 Å². The van der Waals surface area contributed by atoms with Crippen LogP contribution in [0.4, 0.5) is 0 Å². The highest BCUT2D eigenvalue weighted by Gasteiger charge is 2.20. The van der Waals surface area contributed by atoms with Crippen LogP contribution in [0.2, 0.25) is 5.15 Å². The van der Waals surface area contributed by atoms with Crippen LogP contribution in [0.5, 0.6) is 0 Å². The summed E-state index contributed by atoms with van der Waals surface area (Å²) < 4.78 is 25.4. The van der Waals surface area contributed by atoms with E-state index in [1.807, 2.05) is 30.3 Å². The molecule has 0 aliphatic rings. The van der Waals surface area contributed by atoms with Gasteiger partial charge in [-0.25, -0.2) is 18.5 Å². The van der Waals surface area contributed by atoms with Gasteiger partial charge in [-0.2, -0.15) is 0 Å². The summed E-state index contributed by atoms with van der Waals surface area (Å²) in [6.45, 7) is 7.47. The van der Waals surface area contributed by atoms with Crippen molar-refractivity contribution in [3.05, 3.63) is 71.0 Å². The summed E-state index contributed by atoms with van der Waals surface area (Å²) in [5, 5.41) is 5.77. The van der Waals surface area contributed by atoms with Crippen molar-refractivity contribution in [2.75, 3.05) is 6.54 Å². The Bertz CT molecular complexity index is 1130. The lowest BCUT2D eigenvalue weighted by Gasteiger charge is -2.24. The van der Waals surface area contributed by atoms with Crippen LogP contribution < -0.4 is 5.14 Å². The fourth-order valence-corrected chi connectivity index (χ4v) is 4.58. The van der Waals surface area contributed by atoms with E-state index in [9.17, 15) is 8.42 Å². The first-order valence-corrected chi connectivity index (χ1v) is 13.4. The highest BCUT2D eigenvalue weighted by Crippen LogP contribution is 2.28. The zero-order valence-electron chi connectivity index (χ0n) is 19.4. The number of nitrogens with zero attached hydrogens (tertiary/aromatic N) is 3. The van der Waals surface area contributed by atoms with Crippen LogP contribution in [-0.4, -0.2) is 29.4 Å². The quantitative estimate of drug-likeness (QED) is 0.367. The van der Waals surface area contributed by atoms with Crippen molar-refractivity contribution in [1.82, 2.24) is 14.5 Å². The fraction of sp³-hybridized carbons (Fsp3) is 0.400. The first kappa shape index (κ1) is 25.4. The third-order valence-electron chi connectivity index (χ3n) is 5.65. The number of hydrogen-bond donors (Lipinski definition) is 1. The van der Waals surface area contributed by atoms with E-state index < -0.39 is 10.0 Å². The third-order valence-corrected chi connectivity index (χ3v) is 6.88. The van der Waals surface area contributed by atoms with Crippen LogP contribution in [0.1, 0.15) is 50.8 Å². The summed E-state index contributed by atoms with van der Waals surface area (Å²) in [6, 6.07) is 16.9. The number of halogens is 1. The predicted molar refractivity (Wildman–Crippen MR) is 134 cm³/mol. The van der Waals surface area contributed by atoms with Crippen molar-refractivity contribution in [3.63, 3.8) is 0 Å². The maximum absolute atomic E-state index is 11.6. The van der Waals surface area contributed by atoms with Crippen LogP contribution in [0.25, 0.3) is 11.4 Å². The van der Waals surface area contributed by atoms with Crippen LogP contribution in [0, 0.1) is 0 Å². The first-order valence-electron chi connectivity index (χ1n) is 11.5. The van der Waals surface area contributed by atoms with Crippen LogP contribution in [-0.2, 0) is 29.7 Å². The molecule has 0 saturated heterocycles. The lowest BCUT2D eigenvalue weighted by atomic mass is 10.2. The molecule has 3 aromatic rings. The molecule has 0 atom stereocenters. The number of benzene rings is 2. The molecule has 8 heteroatoms. The molecule has 0 radical (unpaired) electrons. The van der Waals surface area contributed by atoms with Crippen molar-refractivity contribution < 1.29 is 8.42 Å². The zero-order chi connectivity index (χ0) is 23.8. The van der Waals surface area contributed by atoms with Gasteiger partial charge in [0.1, 0.15) is 5.82 Å². The molecule has 0 spiro atoms. The van der Waals surface area contributed by atoms with Gasteiger partial charge in [0, 0.05) is 25.2 Å². The number of hydrogen-bond acceptors (Lipinski definition) is 4. The molecule has 6 nitrogen and oxygen atoms in total. The van der Waals surface area contributed by atoms with Gasteiger partial charge in [-0.05, 0) is 37.1 Å². The summed E-state index contributed by atoms with van der Waals surface area (Å²) in [7, 11) is -3.70. The number of unbranched alkanes of at least 4 members (excludes halogenated alkanes) is 2. The average molecular weight is 489 g/mol. The van der Waals surface area contributed by atoms with E-state index in [-0.39, 0.29) is 4.90 Å². The molecular formula is C25H33ClN4O2S. The average Bonchev–Trinajstić information content (AvgIpc) is 3.11. The number of sulfonamides is 1. The third kappa shape index (κ3) is 6.90. The molecule has 2 N–H and O–H groups in total. The van der Waals surface area contributed by atoms with Gasteiger partial charge in [-0.1, -0.05) is 80.8 Å². The molecule has 0 saturated carbocycles. The van der Waals surface area contributed by atoms with E-state index in [2.05, 4.69) is 35.4 Å². The number of primary sulfonamides is 1. The second-order valence-corrected chi connectivity index (χ2v) is 10.2. The molecule has 0 fully saturated rings. The Morgan fingerprint density at radius 1 is 0.970 bits per heavy atom. The van der Waals surface area contributed by atoms with Gasteiger partial charge in [0.05, 0.1) is 10.6 Å². The Labute approximate surface area is 202 Å². The Morgan fingerprint density at radius 2 is 1.64 bits per heavy atom. The summed E-state index contributed by atoms with van der Waals surface area (Å²) >= 11 is 6.69. The minimum atomic E-state index is -3.70. The summed E-state index contributed by atoms with van der Waals surface area (Å²) in [6.07, 6.45) is 4.27. The Balaban J connectivity index is 1.90. The second kappa shape index (κ2) is 11.8. The maximum atomic E-state index is 11.6. The van der Waals surface area contributed by atoms with E-state index in [0.29, 0.717) is 18.2 Å². The molecule has 0 bridgehead atoms. The first-order chi connectivity index (χ1) is 15.8. The molecule has 2 aromatic carbocycles. The fourth-order valence-electron chi connectivity index (χ4n) is 3.82. The molecule has 0 amide bonds. The number of nitrogens with two attached hydrogens (primary N) is 1. The van der Waals surface area contributed by atoms with E-state index in [4.69, 9.17) is 21.7 Å². The molecule has 33 heavy (non-hydrogen) atoms. The van der Waals surface area contributed by atoms with E-state index >= 15 is 0 Å². The van der Waals surface area contributed by atoms with Gasteiger partial charge in [-0.15, -0.1) is 0 Å². The smallest absolute Gasteiger partial charge is 0.238 e. The monoisotopic (exact) mass is 488 g/mol. The Hall–Kier alpha value is -2.19. The molecule has 178 valence electrons. The normalized spacial score (nSPS) is 11.9. The summed E-state index contributed by atoms with van der Waals surface area (Å²) in [4.78, 5) is 7.20. The van der Waals surface area contributed by atoms with E-state index in [1.165, 1.54) is 0 Å². The van der Waals surface area contributed by atoms with Gasteiger partial charge in [0.2, 0.25) is 10.0 Å². The number of rotatable bonds is 12. The van der Waals surface area contributed by atoms with Crippen LogP contribution in [0.15, 0.2) is 59.5 Å². The number of imidazole rings is 1. The highest BCUT2D eigenvalue weighted by atomic mass is 35.5. The molecule has 0 unspecified atom stereocenters. The van der Waals surface area contributed by atoms with Gasteiger partial charge >= 0.3 is 0 Å². The van der Waals surface area contributed by atoms with Crippen molar-refractivity contribution in [3.8, 4) is 11.4 Å². The molecule has 1 aromatic heterocycles. The molecule has 0 aliphatic heterocycles. The van der Waals surface area contributed by atoms with Gasteiger partial charge in [0.25, 0.3) is 0 Å². The largest absolute Gasteiger partial charge is 0.325 e. The molecule has 0 aliphatic carbocycles. The lowest BCUT2D eigenvalue weighted by Crippen LogP contribution is -2.26. The van der Waals surface area contributed by atoms with E-state index in [1.54, 1.807) is 12.1 Å². The second-order valence-electron chi connectivity index (χ2n) is 8.30. The SMILES string of the molecule is CCCCN(Cc1ccc(S(N)(=O)=O)cc1)Cc1c(Cl)nc(-c2ccccc2)n1CCCC. The maximum Gasteiger partial charge on any atom is 0.238 e. The minimum absolute atomic E-state index is 0.125. The van der Waals surface area contributed by atoms with Gasteiger partial charge in [-0.3, -0.25) is 4.90 Å². The zero-order valence-corrected chi connectivity index (χ0v) is 20.9.